The van der Waals surface area contributed by atoms with Crippen molar-refractivity contribution in [2.75, 3.05) is 6.61 Å². The summed E-state index contributed by atoms with van der Waals surface area (Å²) < 4.78 is 38.0. The van der Waals surface area contributed by atoms with Crippen LogP contribution < -0.4 is 20.8 Å². The summed E-state index contributed by atoms with van der Waals surface area (Å²) in [7, 11) is 1.62. The van der Waals surface area contributed by atoms with E-state index in [0.29, 0.717) is 33.3 Å². The van der Waals surface area contributed by atoms with E-state index in [0.717, 1.165) is 6.42 Å². The lowest BCUT2D eigenvalue weighted by atomic mass is 10.0. The summed E-state index contributed by atoms with van der Waals surface area (Å²) in [6.07, 6.45) is 2.31. The van der Waals surface area contributed by atoms with E-state index in [1.165, 1.54) is 10.6 Å². The molecule has 0 fully saturated rings. The Morgan fingerprint density at radius 2 is 1.93 bits per heavy atom. The summed E-state index contributed by atoms with van der Waals surface area (Å²) in [6.45, 7) is 2.95. The van der Waals surface area contributed by atoms with Crippen molar-refractivity contribution >= 4 is 21.7 Å². The molecule has 0 bridgehead atoms. The molecule has 0 amide bonds. The highest BCUT2D eigenvalue weighted by Crippen LogP contribution is 2.36. The number of aryl methyl sites for hydroxylation is 2. The summed E-state index contributed by atoms with van der Waals surface area (Å²) in [5, 5.41) is 1.66. The standard InChI is InChI=1S/C21H25F2N3O3/c1-11(2)7-13(24)10-28-17-9-16-15(8-18(17)29-21(22)23)14-5-6-25-12(3)19(14)20(27)26(16)4/h5-6,8-9,11,13,21H,7,10,24H2,1-4H3. The summed E-state index contributed by atoms with van der Waals surface area (Å²) in [5.74, 6) is 0.404. The van der Waals surface area contributed by atoms with Gasteiger partial charge in [-0.05, 0) is 31.4 Å². The second kappa shape index (κ2) is 8.32. The van der Waals surface area contributed by atoms with Crippen LogP contribution in [0.1, 0.15) is 26.0 Å². The van der Waals surface area contributed by atoms with E-state index in [4.69, 9.17) is 15.2 Å². The van der Waals surface area contributed by atoms with Crippen molar-refractivity contribution in [2.24, 2.45) is 18.7 Å². The highest BCUT2D eigenvalue weighted by molar-refractivity contribution is 6.07. The number of nitrogens with two attached hydrogens (primary N) is 1. The largest absolute Gasteiger partial charge is 0.488 e. The Labute approximate surface area is 167 Å². The Morgan fingerprint density at radius 1 is 1.21 bits per heavy atom. The van der Waals surface area contributed by atoms with Crippen LogP contribution in [0.2, 0.25) is 0 Å². The fourth-order valence-electron chi connectivity index (χ4n) is 3.55. The number of halogens is 2. The highest BCUT2D eigenvalue weighted by Gasteiger charge is 2.18. The maximum absolute atomic E-state index is 13.0. The summed E-state index contributed by atoms with van der Waals surface area (Å²) in [5.41, 5.74) is 6.95. The first-order valence-electron chi connectivity index (χ1n) is 9.44. The van der Waals surface area contributed by atoms with Crippen molar-refractivity contribution < 1.29 is 18.3 Å². The molecule has 1 atom stereocenters. The average molecular weight is 405 g/mol. The number of pyridine rings is 2. The second-order valence-corrected chi connectivity index (χ2v) is 7.58. The molecule has 2 aromatic heterocycles. The number of ether oxygens (including phenoxy) is 2. The van der Waals surface area contributed by atoms with Crippen molar-refractivity contribution in [3.05, 3.63) is 40.4 Å². The van der Waals surface area contributed by atoms with Crippen LogP contribution in [-0.4, -0.2) is 28.8 Å². The van der Waals surface area contributed by atoms with E-state index in [1.807, 2.05) is 13.8 Å². The Morgan fingerprint density at radius 3 is 2.59 bits per heavy atom. The molecular formula is C21H25F2N3O3. The molecule has 3 aromatic rings. The van der Waals surface area contributed by atoms with Gasteiger partial charge in [0, 0.05) is 36.1 Å². The van der Waals surface area contributed by atoms with Crippen LogP contribution in [-0.2, 0) is 7.05 Å². The van der Waals surface area contributed by atoms with Gasteiger partial charge in [0.25, 0.3) is 5.56 Å². The number of nitrogens with zero attached hydrogens (tertiary/aromatic N) is 2. The number of hydrogen-bond donors (Lipinski definition) is 1. The average Bonchev–Trinajstić information content (AvgIpc) is 2.63. The molecule has 2 N–H and O–H groups in total. The minimum Gasteiger partial charge on any atom is -0.488 e. The van der Waals surface area contributed by atoms with Crippen LogP contribution in [0.3, 0.4) is 0 Å². The third-order valence-corrected chi connectivity index (χ3v) is 4.82. The normalized spacial score (nSPS) is 12.9. The molecule has 3 rings (SSSR count). The summed E-state index contributed by atoms with van der Waals surface area (Å²) >= 11 is 0. The number of aromatic nitrogens is 2. The number of rotatable bonds is 7. The van der Waals surface area contributed by atoms with Gasteiger partial charge < -0.3 is 19.8 Å². The molecule has 0 aliphatic heterocycles. The Balaban J connectivity index is 2.17. The lowest BCUT2D eigenvalue weighted by molar-refractivity contribution is -0.0514. The first kappa shape index (κ1) is 21.0. The number of alkyl halides is 2. The molecule has 29 heavy (non-hydrogen) atoms. The third kappa shape index (κ3) is 4.32. The molecule has 6 nitrogen and oxygen atoms in total. The predicted molar refractivity (Wildman–Crippen MR) is 109 cm³/mol. The molecule has 0 aliphatic carbocycles. The van der Waals surface area contributed by atoms with Gasteiger partial charge in [0.1, 0.15) is 6.61 Å². The second-order valence-electron chi connectivity index (χ2n) is 7.58. The molecule has 0 saturated heterocycles. The van der Waals surface area contributed by atoms with Crippen molar-refractivity contribution in [3.8, 4) is 11.5 Å². The van der Waals surface area contributed by atoms with Gasteiger partial charge in [0.2, 0.25) is 0 Å². The van der Waals surface area contributed by atoms with Gasteiger partial charge in [-0.3, -0.25) is 9.78 Å². The first-order valence-corrected chi connectivity index (χ1v) is 9.44. The summed E-state index contributed by atoms with van der Waals surface area (Å²) in [6, 6.07) is 4.47. The van der Waals surface area contributed by atoms with Crippen molar-refractivity contribution in [1.29, 1.82) is 0 Å². The molecular weight excluding hydrogens is 380 g/mol. The maximum Gasteiger partial charge on any atom is 0.387 e. The molecule has 2 heterocycles. The zero-order valence-corrected chi connectivity index (χ0v) is 16.9. The fourth-order valence-corrected chi connectivity index (χ4v) is 3.55. The topological polar surface area (TPSA) is 79.4 Å². The highest BCUT2D eigenvalue weighted by atomic mass is 19.3. The van der Waals surface area contributed by atoms with Crippen LogP contribution in [0.5, 0.6) is 11.5 Å². The molecule has 0 spiro atoms. The maximum atomic E-state index is 13.0. The Hall–Kier alpha value is -2.74. The van der Waals surface area contributed by atoms with E-state index < -0.39 is 6.61 Å². The van der Waals surface area contributed by atoms with Crippen LogP contribution >= 0.6 is 0 Å². The molecule has 8 heteroatoms. The van der Waals surface area contributed by atoms with E-state index >= 15 is 0 Å². The van der Waals surface area contributed by atoms with Gasteiger partial charge in [0.05, 0.1) is 16.6 Å². The smallest absolute Gasteiger partial charge is 0.387 e. The van der Waals surface area contributed by atoms with Crippen molar-refractivity contribution in [2.45, 2.75) is 39.8 Å². The van der Waals surface area contributed by atoms with Crippen molar-refractivity contribution in [3.63, 3.8) is 0 Å². The van der Waals surface area contributed by atoms with Gasteiger partial charge in [0.15, 0.2) is 11.5 Å². The van der Waals surface area contributed by atoms with Crippen LogP contribution in [0.15, 0.2) is 29.2 Å². The Kier molecular flexibility index (Phi) is 6.02. The number of fused-ring (bicyclic) bond motifs is 3. The van der Waals surface area contributed by atoms with Gasteiger partial charge in [-0.25, -0.2) is 0 Å². The SMILES string of the molecule is Cc1nccc2c1c(=O)n(C)c1cc(OCC(N)CC(C)C)c(OC(F)F)cc21. The van der Waals surface area contributed by atoms with E-state index in [2.05, 4.69) is 4.98 Å². The lowest BCUT2D eigenvalue weighted by Crippen LogP contribution is -2.29. The van der Waals surface area contributed by atoms with Gasteiger partial charge in [-0.1, -0.05) is 13.8 Å². The van der Waals surface area contributed by atoms with Crippen LogP contribution in [0, 0.1) is 12.8 Å². The molecule has 156 valence electrons. The molecule has 0 saturated carbocycles. The minimum absolute atomic E-state index is 0.0985. The van der Waals surface area contributed by atoms with E-state index in [9.17, 15) is 13.6 Å². The molecule has 1 aromatic carbocycles. The van der Waals surface area contributed by atoms with Crippen LogP contribution in [0.4, 0.5) is 8.78 Å². The monoisotopic (exact) mass is 405 g/mol. The molecule has 0 radical (unpaired) electrons. The summed E-state index contributed by atoms with van der Waals surface area (Å²) in [4.78, 5) is 17.0. The van der Waals surface area contributed by atoms with Gasteiger partial charge in [-0.2, -0.15) is 8.78 Å². The van der Waals surface area contributed by atoms with Crippen molar-refractivity contribution in [1.82, 2.24) is 9.55 Å². The predicted octanol–water partition coefficient (Wildman–Crippen LogP) is 3.75. The van der Waals surface area contributed by atoms with Crippen LogP contribution in [0.25, 0.3) is 21.7 Å². The Bertz CT molecular complexity index is 1100. The number of hydrogen-bond acceptors (Lipinski definition) is 5. The first-order chi connectivity index (χ1) is 13.7. The molecule has 0 aliphatic rings. The van der Waals surface area contributed by atoms with Gasteiger partial charge >= 0.3 is 6.61 Å². The van der Waals surface area contributed by atoms with E-state index in [-0.39, 0.29) is 29.7 Å². The zero-order valence-electron chi connectivity index (χ0n) is 16.9. The van der Waals surface area contributed by atoms with Gasteiger partial charge in [-0.15, -0.1) is 0 Å². The zero-order chi connectivity index (χ0) is 21.3. The fraction of sp³-hybridized carbons (Fsp3) is 0.429. The quantitative estimate of drug-likeness (QED) is 0.606. The van der Waals surface area contributed by atoms with E-state index in [1.54, 1.807) is 32.3 Å². The minimum atomic E-state index is -3.01. The third-order valence-electron chi connectivity index (χ3n) is 4.82. The lowest BCUT2D eigenvalue weighted by Gasteiger charge is -2.19. The molecule has 1 unspecified atom stereocenters. The number of benzene rings is 1.